The zero-order valence-corrected chi connectivity index (χ0v) is 24.1. The van der Waals surface area contributed by atoms with E-state index >= 15 is 0 Å². The van der Waals surface area contributed by atoms with Crippen LogP contribution in [0.5, 0.6) is 0 Å². The summed E-state index contributed by atoms with van der Waals surface area (Å²) in [6, 6.07) is 6.96. The number of carbonyl (C=O) groups is 3. The summed E-state index contributed by atoms with van der Waals surface area (Å²) in [5.74, 6) is -0.0883. The molecule has 0 bridgehead atoms. The Bertz CT molecular complexity index is 1680. The smallest absolute Gasteiger partial charge is 0.435 e. The number of anilines is 2. The van der Waals surface area contributed by atoms with Crippen LogP contribution in [0.15, 0.2) is 43.0 Å². The third-order valence-corrected chi connectivity index (χ3v) is 6.29. The minimum atomic E-state index is -4.74. The maximum atomic E-state index is 13.7. The van der Waals surface area contributed by atoms with Crippen molar-refractivity contribution in [1.29, 1.82) is 5.26 Å². The highest BCUT2D eigenvalue weighted by molar-refractivity contribution is 5.96. The lowest BCUT2D eigenvalue weighted by Gasteiger charge is -2.13. The van der Waals surface area contributed by atoms with E-state index in [9.17, 15) is 22.8 Å². The van der Waals surface area contributed by atoms with Gasteiger partial charge in [0.25, 0.3) is 12.4 Å². The van der Waals surface area contributed by atoms with Crippen molar-refractivity contribution in [3.05, 3.63) is 59.8 Å². The molecule has 0 saturated heterocycles. The molecule has 0 aliphatic heterocycles. The van der Waals surface area contributed by atoms with Crippen LogP contribution >= 0.6 is 0 Å². The first-order chi connectivity index (χ1) is 21.6. The quantitative estimate of drug-likeness (QED) is 0.115. The molecule has 0 spiro atoms. The van der Waals surface area contributed by atoms with Gasteiger partial charge in [0.1, 0.15) is 6.54 Å². The molecule has 3 aromatic heterocycles. The van der Waals surface area contributed by atoms with E-state index in [1.54, 1.807) is 24.3 Å². The van der Waals surface area contributed by atoms with Gasteiger partial charge < -0.3 is 26.8 Å². The molecular weight excluding hydrogens is 597 g/mol. The average molecular weight is 629 g/mol. The Morgan fingerprint density at radius 3 is 2.60 bits per heavy atom. The summed E-state index contributed by atoms with van der Waals surface area (Å²) < 4.78 is 43.5. The molecule has 0 unspecified atom stereocenters. The van der Waals surface area contributed by atoms with Crippen molar-refractivity contribution < 1.29 is 32.7 Å². The van der Waals surface area contributed by atoms with E-state index in [0.717, 1.165) is 16.4 Å². The molecule has 4 rings (SSSR count). The van der Waals surface area contributed by atoms with Gasteiger partial charge in [0, 0.05) is 55.9 Å². The van der Waals surface area contributed by atoms with Crippen LogP contribution in [0.1, 0.15) is 41.4 Å². The SMILES string of the molecule is CCc1cc(Nc2nccn3c(-c4cn(CC#N)nc4C(F)(F)F)cnc23)ccc1C(=O)NCCCNC(=O)CCN.O=CO. The molecule has 0 aliphatic carbocycles. The van der Waals surface area contributed by atoms with Gasteiger partial charge >= 0.3 is 6.18 Å². The fourth-order valence-electron chi connectivity index (χ4n) is 4.33. The van der Waals surface area contributed by atoms with Crippen LogP contribution in [0.2, 0.25) is 0 Å². The lowest BCUT2D eigenvalue weighted by Crippen LogP contribution is -2.31. The third kappa shape index (κ3) is 8.76. The van der Waals surface area contributed by atoms with E-state index in [-0.39, 0.29) is 60.5 Å². The molecule has 2 amide bonds. The Balaban J connectivity index is 0.00000177. The Morgan fingerprint density at radius 2 is 1.93 bits per heavy atom. The summed E-state index contributed by atoms with van der Waals surface area (Å²) in [5, 5.41) is 28.1. The third-order valence-electron chi connectivity index (χ3n) is 6.29. The van der Waals surface area contributed by atoms with Crippen LogP contribution in [0.25, 0.3) is 16.9 Å². The van der Waals surface area contributed by atoms with Crippen LogP contribution in [-0.4, -0.2) is 67.2 Å². The summed E-state index contributed by atoms with van der Waals surface area (Å²) in [7, 11) is 0. The molecule has 0 aliphatic rings. The van der Waals surface area contributed by atoms with E-state index in [4.69, 9.17) is 20.9 Å². The number of carbonyl (C=O) groups excluding carboxylic acids is 2. The maximum Gasteiger partial charge on any atom is 0.435 e. The standard InChI is InChI=1S/C27H29F3N10O2.CH2O2/c1-2-17-14-18(4-5-19(17)26(42)35-10-3-9-33-22(41)6-7-31)37-24-25-36-15-21(40(25)13-11-34-24)20-16-39(12-8-32)38-23(20)27(28,29)30;2-1-3/h4-5,11,13-16H,2-3,6-7,9-10,12,31H2,1H3,(H,33,41)(H,34,37)(H,35,42);1H,(H,2,3). The summed E-state index contributed by atoms with van der Waals surface area (Å²) >= 11 is 0. The number of carboxylic acid groups (broad SMARTS) is 1. The Kier molecular flexibility index (Phi) is 12.0. The molecular formula is C28H31F3N10O4. The zero-order chi connectivity index (χ0) is 33.0. The van der Waals surface area contributed by atoms with Crippen molar-refractivity contribution in [2.75, 3.05) is 25.0 Å². The minimum Gasteiger partial charge on any atom is -0.483 e. The topological polar surface area (TPSA) is 205 Å². The van der Waals surface area contributed by atoms with E-state index in [2.05, 4.69) is 31.0 Å². The number of benzene rings is 1. The number of hydrogen-bond acceptors (Lipinski definition) is 9. The minimum absolute atomic E-state index is 0.130. The largest absolute Gasteiger partial charge is 0.483 e. The lowest BCUT2D eigenvalue weighted by molar-refractivity contribution is -0.141. The number of rotatable bonds is 12. The van der Waals surface area contributed by atoms with Gasteiger partial charge in [0.05, 0.1) is 23.5 Å². The van der Waals surface area contributed by atoms with Crippen LogP contribution < -0.4 is 21.7 Å². The van der Waals surface area contributed by atoms with E-state index in [1.807, 2.05) is 6.92 Å². The highest BCUT2D eigenvalue weighted by Crippen LogP contribution is 2.37. The van der Waals surface area contributed by atoms with Gasteiger partial charge in [-0.25, -0.2) is 9.97 Å². The van der Waals surface area contributed by atoms with Gasteiger partial charge in [0.15, 0.2) is 17.2 Å². The average Bonchev–Trinajstić information content (AvgIpc) is 3.62. The molecule has 238 valence electrons. The predicted octanol–water partition coefficient (Wildman–Crippen LogP) is 2.73. The van der Waals surface area contributed by atoms with E-state index in [0.29, 0.717) is 37.2 Å². The molecule has 0 saturated carbocycles. The Hall–Kier alpha value is -5.50. The Morgan fingerprint density at radius 1 is 1.20 bits per heavy atom. The number of nitrogens with one attached hydrogen (secondary N) is 3. The number of aromatic nitrogens is 5. The number of fused-ring (bicyclic) bond motifs is 1. The zero-order valence-electron chi connectivity index (χ0n) is 24.1. The van der Waals surface area contributed by atoms with E-state index in [1.165, 1.54) is 23.0 Å². The lowest BCUT2D eigenvalue weighted by atomic mass is 10.0. The second-order valence-corrected chi connectivity index (χ2v) is 9.31. The van der Waals surface area contributed by atoms with Crippen LogP contribution in [0.4, 0.5) is 24.7 Å². The molecule has 0 atom stereocenters. The highest BCUT2D eigenvalue weighted by Gasteiger charge is 2.38. The second-order valence-electron chi connectivity index (χ2n) is 9.31. The molecule has 0 fully saturated rings. The summed E-state index contributed by atoms with van der Waals surface area (Å²) in [4.78, 5) is 41.2. The van der Waals surface area contributed by atoms with Crippen molar-refractivity contribution in [2.45, 2.75) is 38.9 Å². The van der Waals surface area contributed by atoms with Crippen LogP contribution in [-0.2, 0) is 28.7 Å². The monoisotopic (exact) mass is 628 g/mol. The first-order valence-electron chi connectivity index (χ1n) is 13.6. The predicted molar refractivity (Wildman–Crippen MR) is 156 cm³/mol. The number of alkyl halides is 3. The number of imidazole rings is 1. The van der Waals surface area contributed by atoms with Crippen LogP contribution in [0.3, 0.4) is 0 Å². The van der Waals surface area contributed by atoms with Gasteiger partial charge in [-0.3, -0.25) is 23.5 Å². The van der Waals surface area contributed by atoms with Crippen LogP contribution in [0, 0.1) is 11.3 Å². The van der Waals surface area contributed by atoms with Gasteiger partial charge in [-0.1, -0.05) is 6.92 Å². The first-order valence-corrected chi connectivity index (χ1v) is 13.6. The number of hydrogen-bond donors (Lipinski definition) is 5. The van der Waals surface area contributed by atoms with E-state index < -0.39 is 11.9 Å². The van der Waals surface area contributed by atoms with Crippen molar-refractivity contribution in [2.24, 2.45) is 5.73 Å². The molecule has 6 N–H and O–H groups in total. The van der Waals surface area contributed by atoms with Gasteiger partial charge in [-0.15, -0.1) is 0 Å². The molecule has 17 heteroatoms. The normalized spacial score (nSPS) is 10.8. The number of nitriles is 1. The van der Waals surface area contributed by atoms with Crippen molar-refractivity contribution in [3.8, 4) is 17.3 Å². The van der Waals surface area contributed by atoms with Crippen molar-refractivity contribution >= 4 is 35.4 Å². The molecule has 0 radical (unpaired) electrons. The molecule has 4 aromatic rings. The van der Waals surface area contributed by atoms with Gasteiger partial charge in [-0.05, 0) is 36.6 Å². The summed E-state index contributed by atoms with van der Waals surface area (Å²) in [5.41, 5.74) is 6.28. The Labute approximate surface area is 255 Å². The summed E-state index contributed by atoms with van der Waals surface area (Å²) in [6.45, 7) is 2.41. The molecule has 3 heterocycles. The number of nitrogens with two attached hydrogens (primary N) is 1. The summed E-state index contributed by atoms with van der Waals surface area (Å²) in [6.07, 6.45) is 2.01. The number of amides is 2. The second kappa shape index (κ2) is 15.8. The fourth-order valence-corrected chi connectivity index (χ4v) is 4.33. The maximum absolute atomic E-state index is 13.7. The van der Waals surface area contributed by atoms with Crippen molar-refractivity contribution in [1.82, 2.24) is 34.8 Å². The molecule has 45 heavy (non-hydrogen) atoms. The van der Waals surface area contributed by atoms with Crippen molar-refractivity contribution in [3.63, 3.8) is 0 Å². The van der Waals surface area contributed by atoms with Gasteiger partial charge in [0.2, 0.25) is 5.91 Å². The molecule has 14 nitrogen and oxygen atoms in total. The highest BCUT2D eigenvalue weighted by atomic mass is 19.4. The first kappa shape index (κ1) is 34.0. The van der Waals surface area contributed by atoms with Gasteiger partial charge in [-0.2, -0.15) is 23.5 Å². The molecule has 1 aromatic carbocycles. The fraction of sp³-hybridized carbons (Fsp3) is 0.321. The number of halogens is 3. The number of nitrogens with zero attached hydrogens (tertiary/aromatic N) is 6. The number of aryl methyl sites for hydroxylation is 1.